The lowest BCUT2D eigenvalue weighted by atomic mass is 10.2. The average Bonchev–Trinajstić information content (AvgIpc) is 2.73. The van der Waals surface area contributed by atoms with Gasteiger partial charge in [0.25, 0.3) is 0 Å². The van der Waals surface area contributed by atoms with Gasteiger partial charge in [-0.15, -0.1) is 0 Å². The van der Waals surface area contributed by atoms with Crippen LogP contribution in [0.4, 0.5) is 5.69 Å². The molecule has 1 N–H and O–H groups in total. The first-order valence-corrected chi connectivity index (χ1v) is 6.28. The number of rotatable bonds is 4. The lowest BCUT2D eigenvalue weighted by molar-refractivity contribution is -0.128. The number of hydrogen-bond acceptors (Lipinski definition) is 3. The normalized spacial score (nSPS) is 18.7. The van der Waals surface area contributed by atoms with Gasteiger partial charge >= 0.3 is 0 Å². The van der Waals surface area contributed by atoms with Crippen molar-refractivity contribution in [3.63, 3.8) is 0 Å². The Balaban J connectivity index is 2.01. The number of benzene rings is 1. The van der Waals surface area contributed by atoms with Crippen molar-refractivity contribution in [1.29, 1.82) is 0 Å². The molecular formula is C14H18N2O3. The van der Waals surface area contributed by atoms with E-state index < -0.39 is 6.04 Å². The fourth-order valence-electron chi connectivity index (χ4n) is 2.16. The van der Waals surface area contributed by atoms with Gasteiger partial charge in [-0.2, -0.15) is 0 Å². The number of amides is 2. The molecule has 1 aliphatic rings. The van der Waals surface area contributed by atoms with Crippen molar-refractivity contribution in [2.45, 2.75) is 19.4 Å². The number of carbonyl (C=O) groups excluding carboxylic acids is 2. The molecule has 5 heteroatoms. The Morgan fingerprint density at radius 2 is 2.11 bits per heavy atom. The van der Waals surface area contributed by atoms with E-state index in [9.17, 15) is 9.59 Å². The second kappa shape index (κ2) is 5.84. The maximum atomic E-state index is 12.2. The van der Waals surface area contributed by atoms with E-state index in [0.717, 1.165) is 11.3 Å². The Hall–Kier alpha value is -1.88. The minimum absolute atomic E-state index is 0.0195. The topological polar surface area (TPSA) is 58.6 Å². The molecule has 1 atom stereocenters. The van der Waals surface area contributed by atoms with Crippen molar-refractivity contribution in [2.75, 3.05) is 25.2 Å². The molecule has 2 rings (SSSR count). The standard InChI is InChI=1S/C14H18N2O3/c1-10-3-5-11(6-4-10)16-8-7-12(14(16)18)15-13(17)9-19-2/h3-6,12H,7-9H2,1-2H3,(H,15,17)/t12-/m0/s1. The molecule has 1 aromatic rings. The molecule has 5 nitrogen and oxygen atoms in total. The molecule has 0 aliphatic carbocycles. The minimum atomic E-state index is -0.441. The number of ether oxygens (including phenoxy) is 1. The van der Waals surface area contributed by atoms with Crippen molar-refractivity contribution >= 4 is 17.5 Å². The quantitative estimate of drug-likeness (QED) is 0.875. The first-order valence-electron chi connectivity index (χ1n) is 6.28. The van der Waals surface area contributed by atoms with E-state index in [1.54, 1.807) is 4.90 Å². The predicted octanol–water partition coefficient (Wildman–Crippen LogP) is 0.863. The molecule has 1 aromatic carbocycles. The van der Waals surface area contributed by atoms with Crippen molar-refractivity contribution in [3.8, 4) is 0 Å². The number of anilines is 1. The highest BCUT2D eigenvalue weighted by Gasteiger charge is 2.33. The van der Waals surface area contributed by atoms with Gasteiger partial charge in [0, 0.05) is 19.3 Å². The van der Waals surface area contributed by atoms with Crippen molar-refractivity contribution in [2.24, 2.45) is 0 Å². The monoisotopic (exact) mass is 262 g/mol. The third-order valence-corrected chi connectivity index (χ3v) is 3.16. The molecule has 1 fully saturated rings. The summed E-state index contributed by atoms with van der Waals surface area (Å²) in [5.74, 6) is -0.320. The van der Waals surface area contributed by atoms with E-state index in [2.05, 4.69) is 5.32 Å². The van der Waals surface area contributed by atoms with E-state index in [1.165, 1.54) is 7.11 Å². The number of hydrogen-bond donors (Lipinski definition) is 1. The van der Waals surface area contributed by atoms with Crippen LogP contribution in [0.5, 0.6) is 0 Å². The first kappa shape index (κ1) is 13.5. The molecule has 0 unspecified atom stereocenters. The van der Waals surface area contributed by atoms with E-state index in [-0.39, 0.29) is 18.4 Å². The van der Waals surface area contributed by atoms with Gasteiger partial charge in [-0.25, -0.2) is 0 Å². The second-order valence-electron chi connectivity index (χ2n) is 4.67. The number of nitrogens with zero attached hydrogens (tertiary/aromatic N) is 1. The van der Waals surface area contributed by atoms with Crippen molar-refractivity contribution < 1.29 is 14.3 Å². The molecule has 0 radical (unpaired) electrons. The Kier molecular flexibility index (Phi) is 4.16. The summed E-state index contributed by atoms with van der Waals surface area (Å²) in [4.78, 5) is 25.3. The molecule has 0 spiro atoms. The molecule has 1 heterocycles. The van der Waals surface area contributed by atoms with Gasteiger partial charge in [-0.1, -0.05) is 17.7 Å². The highest BCUT2D eigenvalue weighted by atomic mass is 16.5. The van der Waals surface area contributed by atoms with Gasteiger partial charge in [-0.05, 0) is 25.5 Å². The third kappa shape index (κ3) is 3.12. The summed E-state index contributed by atoms with van der Waals surface area (Å²) in [6.45, 7) is 2.61. The molecule has 1 aliphatic heterocycles. The summed E-state index contributed by atoms with van der Waals surface area (Å²) < 4.78 is 4.74. The second-order valence-corrected chi connectivity index (χ2v) is 4.67. The Morgan fingerprint density at radius 1 is 1.42 bits per heavy atom. The van der Waals surface area contributed by atoms with Crippen LogP contribution in [0.15, 0.2) is 24.3 Å². The molecular weight excluding hydrogens is 244 g/mol. The number of carbonyl (C=O) groups is 2. The maximum absolute atomic E-state index is 12.2. The molecule has 0 aromatic heterocycles. The van der Waals surface area contributed by atoms with E-state index >= 15 is 0 Å². The summed E-state index contributed by atoms with van der Waals surface area (Å²) in [5, 5.41) is 2.69. The Morgan fingerprint density at radius 3 is 2.74 bits per heavy atom. The molecule has 1 saturated heterocycles. The minimum Gasteiger partial charge on any atom is -0.375 e. The smallest absolute Gasteiger partial charge is 0.249 e. The fourth-order valence-corrected chi connectivity index (χ4v) is 2.16. The van der Waals surface area contributed by atoms with Gasteiger partial charge in [0.1, 0.15) is 12.6 Å². The number of aryl methyl sites for hydroxylation is 1. The van der Waals surface area contributed by atoms with E-state index in [1.807, 2.05) is 31.2 Å². The van der Waals surface area contributed by atoms with E-state index in [4.69, 9.17) is 4.74 Å². The summed E-state index contributed by atoms with van der Waals surface area (Å²) in [7, 11) is 1.45. The molecule has 0 saturated carbocycles. The van der Waals surface area contributed by atoms with Crippen LogP contribution >= 0.6 is 0 Å². The lowest BCUT2D eigenvalue weighted by Crippen LogP contribution is -2.42. The van der Waals surface area contributed by atoms with Crippen LogP contribution in [0.1, 0.15) is 12.0 Å². The molecule has 0 bridgehead atoms. The number of methoxy groups -OCH3 is 1. The molecule has 2 amide bonds. The van der Waals surface area contributed by atoms with Crippen LogP contribution < -0.4 is 10.2 Å². The van der Waals surface area contributed by atoms with Gasteiger partial charge in [0.05, 0.1) is 0 Å². The zero-order valence-corrected chi connectivity index (χ0v) is 11.2. The largest absolute Gasteiger partial charge is 0.375 e. The lowest BCUT2D eigenvalue weighted by Gasteiger charge is -2.17. The predicted molar refractivity (Wildman–Crippen MR) is 72.0 cm³/mol. The third-order valence-electron chi connectivity index (χ3n) is 3.16. The summed E-state index contributed by atoms with van der Waals surface area (Å²) in [5.41, 5.74) is 2.03. The SMILES string of the molecule is COCC(=O)N[C@H]1CCN(c2ccc(C)cc2)C1=O. The van der Waals surface area contributed by atoms with Gasteiger partial charge in [-0.3, -0.25) is 9.59 Å². The van der Waals surface area contributed by atoms with Gasteiger partial charge in [0.2, 0.25) is 11.8 Å². The van der Waals surface area contributed by atoms with Crippen LogP contribution in [-0.4, -0.2) is 38.1 Å². The Labute approximate surface area is 112 Å². The first-order chi connectivity index (χ1) is 9.11. The van der Waals surface area contributed by atoms with Crippen LogP contribution in [0.3, 0.4) is 0 Å². The highest BCUT2D eigenvalue weighted by molar-refractivity contribution is 6.01. The van der Waals surface area contributed by atoms with Crippen LogP contribution in [0, 0.1) is 6.92 Å². The average molecular weight is 262 g/mol. The summed E-state index contributed by atoms with van der Waals surface area (Å²) in [6.07, 6.45) is 0.627. The van der Waals surface area contributed by atoms with Crippen LogP contribution in [0.25, 0.3) is 0 Å². The van der Waals surface area contributed by atoms with Crippen LogP contribution in [-0.2, 0) is 14.3 Å². The summed E-state index contributed by atoms with van der Waals surface area (Å²) >= 11 is 0. The van der Waals surface area contributed by atoms with Crippen molar-refractivity contribution in [3.05, 3.63) is 29.8 Å². The van der Waals surface area contributed by atoms with E-state index in [0.29, 0.717) is 13.0 Å². The summed E-state index contributed by atoms with van der Waals surface area (Å²) in [6, 6.07) is 7.35. The van der Waals surface area contributed by atoms with Crippen LogP contribution in [0.2, 0.25) is 0 Å². The molecule has 19 heavy (non-hydrogen) atoms. The zero-order valence-electron chi connectivity index (χ0n) is 11.2. The highest BCUT2D eigenvalue weighted by Crippen LogP contribution is 2.21. The molecule has 102 valence electrons. The van der Waals surface area contributed by atoms with Gasteiger partial charge < -0.3 is 15.0 Å². The fraction of sp³-hybridized carbons (Fsp3) is 0.429. The van der Waals surface area contributed by atoms with Gasteiger partial charge in [0.15, 0.2) is 0 Å². The zero-order chi connectivity index (χ0) is 13.8. The van der Waals surface area contributed by atoms with Crippen molar-refractivity contribution in [1.82, 2.24) is 5.32 Å². The number of nitrogens with one attached hydrogen (secondary N) is 1. The maximum Gasteiger partial charge on any atom is 0.249 e. The Bertz CT molecular complexity index is 470.